The Hall–Kier alpha value is -2.51. The van der Waals surface area contributed by atoms with Gasteiger partial charge in [0, 0.05) is 13.5 Å². The molecular formula is C19H18ClN3O3S. The Morgan fingerprint density at radius 1 is 1.26 bits per heavy atom. The normalized spacial score (nSPS) is 18.0. The van der Waals surface area contributed by atoms with E-state index < -0.39 is 5.25 Å². The summed E-state index contributed by atoms with van der Waals surface area (Å²) in [7, 11) is 3.22. The third-order valence-electron chi connectivity index (χ3n) is 3.96. The topological polar surface area (TPSA) is 71.0 Å². The molecule has 0 saturated carbocycles. The lowest BCUT2D eigenvalue weighted by atomic mass is 10.2. The quantitative estimate of drug-likeness (QED) is 0.820. The van der Waals surface area contributed by atoms with Gasteiger partial charge in [0.1, 0.15) is 16.7 Å². The number of nitrogens with one attached hydrogen (secondary N) is 1. The minimum Gasteiger partial charge on any atom is -0.494 e. The largest absolute Gasteiger partial charge is 0.494 e. The second-order valence-corrected chi connectivity index (χ2v) is 7.38. The fourth-order valence-corrected chi connectivity index (χ4v) is 3.88. The van der Waals surface area contributed by atoms with Crippen LogP contribution in [0.4, 0.5) is 11.4 Å². The molecule has 0 spiro atoms. The van der Waals surface area contributed by atoms with Gasteiger partial charge in [0.25, 0.3) is 0 Å². The summed E-state index contributed by atoms with van der Waals surface area (Å²) in [5.74, 6) is 0.176. The number of carbonyl (C=O) groups is 2. The molecule has 1 unspecified atom stereocenters. The molecule has 1 atom stereocenters. The fourth-order valence-electron chi connectivity index (χ4n) is 2.55. The second kappa shape index (κ2) is 8.45. The van der Waals surface area contributed by atoms with Crippen molar-refractivity contribution in [3.8, 4) is 5.75 Å². The molecule has 0 aromatic heterocycles. The number of ether oxygens (including phenoxy) is 1. The molecule has 0 bridgehead atoms. The highest BCUT2D eigenvalue weighted by atomic mass is 35.5. The first-order chi connectivity index (χ1) is 13.0. The summed E-state index contributed by atoms with van der Waals surface area (Å²) in [5.41, 5.74) is 1.15. The van der Waals surface area contributed by atoms with E-state index in [1.54, 1.807) is 44.5 Å². The lowest BCUT2D eigenvalue weighted by Gasteiger charge is -2.10. The SMILES string of the molecule is COc1ccccc1N=C1SC(CC(=O)Nc2ccccc2Cl)C(=O)N1C. The Balaban J connectivity index is 1.71. The number of nitrogens with zero attached hydrogens (tertiary/aromatic N) is 2. The summed E-state index contributed by atoms with van der Waals surface area (Å²) in [4.78, 5) is 30.8. The van der Waals surface area contributed by atoms with Crippen molar-refractivity contribution in [3.05, 3.63) is 53.6 Å². The number of carbonyl (C=O) groups excluding carboxylic acids is 2. The minimum absolute atomic E-state index is 0.0318. The number of amides is 2. The summed E-state index contributed by atoms with van der Waals surface area (Å²) >= 11 is 7.31. The highest BCUT2D eigenvalue weighted by molar-refractivity contribution is 8.15. The van der Waals surface area contributed by atoms with Crippen LogP contribution in [0.3, 0.4) is 0 Å². The van der Waals surface area contributed by atoms with Crippen LogP contribution in [0, 0.1) is 0 Å². The first kappa shape index (κ1) is 19.3. The molecule has 140 valence electrons. The van der Waals surface area contributed by atoms with Crippen LogP contribution in [0.2, 0.25) is 5.02 Å². The Kier molecular flexibility index (Phi) is 6.03. The van der Waals surface area contributed by atoms with Gasteiger partial charge in [0.2, 0.25) is 11.8 Å². The van der Waals surface area contributed by atoms with E-state index in [4.69, 9.17) is 16.3 Å². The Morgan fingerprint density at radius 3 is 2.70 bits per heavy atom. The predicted octanol–water partition coefficient (Wildman–Crippen LogP) is 3.94. The second-order valence-electron chi connectivity index (χ2n) is 5.80. The number of thioether (sulfide) groups is 1. The van der Waals surface area contributed by atoms with Crippen molar-refractivity contribution in [2.75, 3.05) is 19.5 Å². The molecule has 1 heterocycles. The van der Waals surface area contributed by atoms with Gasteiger partial charge in [-0.1, -0.05) is 47.6 Å². The number of anilines is 1. The molecule has 1 aliphatic heterocycles. The lowest BCUT2D eigenvalue weighted by molar-refractivity contribution is -0.127. The molecule has 2 aromatic rings. The maximum Gasteiger partial charge on any atom is 0.242 e. The highest BCUT2D eigenvalue weighted by Crippen LogP contribution is 2.34. The van der Waals surface area contributed by atoms with E-state index >= 15 is 0 Å². The average Bonchev–Trinajstić information content (AvgIpc) is 2.92. The average molecular weight is 404 g/mol. The number of hydrogen-bond acceptors (Lipinski definition) is 5. The number of rotatable bonds is 5. The van der Waals surface area contributed by atoms with Crippen LogP contribution in [0.1, 0.15) is 6.42 Å². The molecule has 0 aliphatic carbocycles. The van der Waals surface area contributed by atoms with Gasteiger partial charge >= 0.3 is 0 Å². The molecule has 3 rings (SSSR count). The lowest BCUT2D eigenvalue weighted by Crippen LogP contribution is -2.30. The van der Waals surface area contributed by atoms with Gasteiger partial charge in [-0.15, -0.1) is 0 Å². The number of benzene rings is 2. The molecule has 6 nitrogen and oxygen atoms in total. The van der Waals surface area contributed by atoms with E-state index in [2.05, 4.69) is 10.3 Å². The third kappa shape index (κ3) is 4.43. The van der Waals surface area contributed by atoms with Crippen molar-refractivity contribution in [2.45, 2.75) is 11.7 Å². The molecule has 1 saturated heterocycles. The van der Waals surface area contributed by atoms with Crippen molar-refractivity contribution in [1.29, 1.82) is 0 Å². The smallest absolute Gasteiger partial charge is 0.242 e. The molecule has 8 heteroatoms. The summed E-state index contributed by atoms with van der Waals surface area (Å²) in [6.07, 6.45) is 0.0318. The molecule has 27 heavy (non-hydrogen) atoms. The van der Waals surface area contributed by atoms with Crippen LogP contribution in [-0.2, 0) is 9.59 Å². The number of aliphatic imine (C=N–C) groups is 1. The van der Waals surface area contributed by atoms with Crippen molar-refractivity contribution in [2.24, 2.45) is 4.99 Å². The number of methoxy groups -OCH3 is 1. The van der Waals surface area contributed by atoms with Crippen molar-refractivity contribution in [1.82, 2.24) is 4.90 Å². The van der Waals surface area contributed by atoms with Gasteiger partial charge in [-0.3, -0.25) is 14.5 Å². The van der Waals surface area contributed by atoms with Gasteiger partial charge in [-0.05, 0) is 24.3 Å². The number of para-hydroxylation sites is 3. The minimum atomic E-state index is -0.536. The van der Waals surface area contributed by atoms with Gasteiger partial charge in [0.15, 0.2) is 5.17 Å². The fraction of sp³-hybridized carbons (Fsp3) is 0.211. The van der Waals surface area contributed by atoms with E-state index in [9.17, 15) is 9.59 Å². The zero-order valence-corrected chi connectivity index (χ0v) is 16.4. The van der Waals surface area contributed by atoms with Crippen LogP contribution in [0.5, 0.6) is 5.75 Å². The molecule has 2 aromatic carbocycles. The van der Waals surface area contributed by atoms with Crippen LogP contribution in [0.25, 0.3) is 0 Å². The van der Waals surface area contributed by atoms with E-state index in [1.807, 2.05) is 18.2 Å². The molecular weight excluding hydrogens is 386 g/mol. The molecule has 2 amide bonds. The number of hydrogen-bond donors (Lipinski definition) is 1. The molecule has 0 radical (unpaired) electrons. The zero-order valence-electron chi connectivity index (χ0n) is 14.8. The van der Waals surface area contributed by atoms with Gasteiger partial charge < -0.3 is 10.1 Å². The summed E-state index contributed by atoms with van der Waals surface area (Å²) in [5, 5.41) is 3.18. The van der Waals surface area contributed by atoms with Crippen LogP contribution < -0.4 is 10.1 Å². The Morgan fingerprint density at radius 2 is 1.96 bits per heavy atom. The van der Waals surface area contributed by atoms with E-state index in [-0.39, 0.29) is 18.2 Å². The summed E-state index contributed by atoms with van der Waals surface area (Å²) < 4.78 is 5.29. The van der Waals surface area contributed by atoms with Crippen LogP contribution >= 0.6 is 23.4 Å². The molecule has 1 aliphatic rings. The standard InChI is InChI=1S/C19H18ClN3O3S/c1-23-18(25)16(11-17(24)21-13-8-4-3-7-12(13)20)27-19(23)22-14-9-5-6-10-15(14)26-2/h3-10,16H,11H2,1-2H3,(H,21,24). The predicted molar refractivity (Wildman–Crippen MR) is 109 cm³/mol. The first-order valence-corrected chi connectivity index (χ1v) is 9.45. The van der Waals surface area contributed by atoms with Crippen LogP contribution in [-0.4, -0.2) is 41.3 Å². The van der Waals surface area contributed by atoms with E-state index in [0.29, 0.717) is 27.3 Å². The highest BCUT2D eigenvalue weighted by Gasteiger charge is 2.37. The summed E-state index contributed by atoms with van der Waals surface area (Å²) in [6.45, 7) is 0. The molecule has 1 fully saturated rings. The maximum atomic E-state index is 12.5. The number of amidine groups is 1. The van der Waals surface area contributed by atoms with Crippen LogP contribution in [0.15, 0.2) is 53.5 Å². The zero-order chi connectivity index (χ0) is 19.4. The van der Waals surface area contributed by atoms with E-state index in [0.717, 1.165) is 0 Å². The van der Waals surface area contributed by atoms with Gasteiger partial charge in [0.05, 0.1) is 17.8 Å². The number of halogens is 1. The van der Waals surface area contributed by atoms with Gasteiger partial charge in [-0.25, -0.2) is 4.99 Å². The van der Waals surface area contributed by atoms with Crippen molar-refractivity contribution >= 4 is 51.7 Å². The maximum absolute atomic E-state index is 12.5. The first-order valence-electron chi connectivity index (χ1n) is 8.20. The Bertz CT molecular complexity index is 903. The summed E-state index contributed by atoms with van der Waals surface area (Å²) in [6, 6.07) is 14.3. The van der Waals surface area contributed by atoms with Crippen molar-refractivity contribution in [3.63, 3.8) is 0 Å². The van der Waals surface area contributed by atoms with Crippen molar-refractivity contribution < 1.29 is 14.3 Å². The van der Waals surface area contributed by atoms with E-state index in [1.165, 1.54) is 16.7 Å². The van der Waals surface area contributed by atoms with Gasteiger partial charge in [-0.2, -0.15) is 0 Å². The monoisotopic (exact) mass is 403 g/mol. The third-order valence-corrected chi connectivity index (χ3v) is 5.52. The Labute approximate surface area is 166 Å². The molecule has 1 N–H and O–H groups in total.